The van der Waals surface area contributed by atoms with Gasteiger partial charge in [-0.15, -0.1) is 0 Å². The molecule has 5 nitrogen and oxygen atoms in total. The molecule has 2 N–H and O–H groups in total. The summed E-state index contributed by atoms with van der Waals surface area (Å²) >= 11 is 11.9. The van der Waals surface area contributed by atoms with E-state index in [0.717, 1.165) is 0 Å². The molecule has 0 saturated heterocycles. The summed E-state index contributed by atoms with van der Waals surface area (Å²) in [4.78, 5) is 23.6. The predicted molar refractivity (Wildman–Crippen MR) is 85.0 cm³/mol. The first-order valence-corrected chi connectivity index (χ1v) is 7.11. The average Bonchev–Trinajstić information content (AvgIpc) is 2.50. The summed E-state index contributed by atoms with van der Waals surface area (Å²) < 4.78 is 5.24. The Bertz CT molecular complexity index is 777. The van der Waals surface area contributed by atoms with Crippen molar-refractivity contribution in [3.8, 4) is 5.75 Å². The fourth-order valence-electron chi connectivity index (χ4n) is 2.01. The van der Waals surface area contributed by atoms with Crippen LogP contribution in [0.3, 0.4) is 0 Å². The number of anilines is 2. The molecule has 0 radical (unpaired) electrons. The highest BCUT2D eigenvalue weighted by Gasteiger charge is 2.18. The quantitative estimate of drug-likeness (QED) is 0.880. The van der Waals surface area contributed by atoms with Crippen molar-refractivity contribution in [2.24, 2.45) is 0 Å². The zero-order chi connectivity index (χ0) is 15.7. The highest BCUT2D eigenvalue weighted by Crippen LogP contribution is 2.30. The van der Waals surface area contributed by atoms with Gasteiger partial charge >= 0.3 is 0 Å². The molecule has 2 amide bonds. The number of fused-ring (bicyclic) bond motifs is 1. The van der Waals surface area contributed by atoms with Crippen molar-refractivity contribution in [3.05, 3.63) is 52.0 Å². The van der Waals surface area contributed by atoms with Gasteiger partial charge in [-0.05, 0) is 36.4 Å². The smallest absolute Gasteiger partial charge is 0.262 e. The first-order chi connectivity index (χ1) is 10.5. The third-order valence-corrected chi connectivity index (χ3v) is 3.62. The molecule has 1 heterocycles. The predicted octanol–water partition coefficient (Wildman–Crippen LogP) is 3.58. The Balaban J connectivity index is 1.85. The summed E-state index contributed by atoms with van der Waals surface area (Å²) in [6, 6.07) is 9.56. The third kappa shape index (κ3) is 3.00. The van der Waals surface area contributed by atoms with Gasteiger partial charge in [0.25, 0.3) is 11.8 Å². The maximum atomic E-state index is 12.3. The van der Waals surface area contributed by atoms with Gasteiger partial charge in [0.15, 0.2) is 6.61 Å². The SMILES string of the molecule is O=C1COc2ccc(C(=O)Nc3cc(Cl)ccc3Cl)cc2N1. The summed E-state index contributed by atoms with van der Waals surface area (Å²) in [5.41, 5.74) is 1.24. The van der Waals surface area contributed by atoms with Crippen LogP contribution in [0.5, 0.6) is 5.75 Å². The Hall–Kier alpha value is -2.24. The summed E-state index contributed by atoms with van der Waals surface area (Å²) in [5.74, 6) is -0.105. The van der Waals surface area contributed by atoms with E-state index in [-0.39, 0.29) is 18.4 Å². The largest absolute Gasteiger partial charge is 0.482 e. The fraction of sp³-hybridized carbons (Fsp3) is 0.0667. The number of hydrogen-bond acceptors (Lipinski definition) is 3. The second-order valence-corrected chi connectivity index (χ2v) is 5.47. The van der Waals surface area contributed by atoms with Crippen molar-refractivity contribution < 1.29 is 14.3 Å². The van der Waals surface area contributed by atoms with E-state index in [1.165, 1.54) is 0 Å². The van der Waals surface area contributed by atoms with Gasteiger partial charge in [-0.3, -0.25) is 9.59 Å². The molecule has 7 heteroatoms. The van der Waals surface area contributed by atoms with Gasteiger partial charge < -0.3 is 15.4 Å². The number of hydrogen-bond donors (Lipinski definition) is 2. The van der Waals surface area contributed by atoms with Gasteiger partial charge in [0.05, 0.1) is 16.4 Å². The zero-order valence-corrected chi connectivity index (χ0v) is 12.7. The van der Waals surface area contributed by atoms with Gasteiger partial charge in [0.1, 0.15) is 5.75 Å². The van der Waals surface area contributed by atoms with E-state index in [2.05, 4.69) is 10.6 Å². The molecule has 0 aliphatic carbocycles. The molecule has 0 saturated carbocycles. The summed E-state index contributed by atoms with van der Waals surface area (Å²) in [5, 5.41) is 6.17. The van der Waals surface area contributed by atoms with E-state index in [9.17, 15) is 9.59 Å². The van der Waals surface area contributed by atoms with Crippen LogP contribution in [0.2, 0.25) is 10.0 Å². The lowest BCUT2D eigenvalue weighted by Gasteiger charge is -2.18. The minimum absolute atomic E-state index is 0.0311. The van der Waals surface area contributed by atoms with E-state index in [4.69, 9.17) is 27.9 Å². The fourth-order valence-corrected chi connectivity index (χ4v) is 2.35. The summed E-state index contributed by atoms with van der Waals surface area (Å²) in [6.07, 6.45) is 0. The van der Waals surface area contributed by atoms with Crippen LogP contribution in [0.4, 0.5) is 11.4 Å². The average molecular weight is 337 g/mol. The molecule has 3 rings (SSSR count). The number of ether oxygens (including phenoxy) is 1. The molecule has 1 aliphatic heterocycles. The molecule has 2 aromatic carbocycles. The van der Waals surface area contributed by atoms with Gasteiger partial charge in [-0.2, -0.15) is 0 Å². The maximum Gasteiger partial charge on any atom is 0.262 e. The Morgan fingerprint density at radius 1 is 1.18 bits per heavy atom. The molecule has 0 unspecified atom stereocenters. The number of nitrogens with one attached hydrogen (secondary N) is 2. The minimum Gasteiger partial charge on any atom is -0.482 e. The molecule has 0 atom stereocenters. The normalized spacial score (nSPS) is 12.9. The van der Waals surface area contributed by atoms with Crippen molar-refractivity contribution in [1.29, 1.82) is 0 Å². The highest BCUT2D eigenvalue weighted by atomic mass is 35.5. The molecule has 0 bridgehead atoms. The lowest BCUT2D eigenvalue weighted by atomic mass is 10.1. The molecule has 112 valence electrons. The topological polar surface area (TPSA) is 67.4 Å². The van der Waals surface area contributed by atoms with Crippen LogP contribution in [0.15, 0.2) is 36.4 Å². The van der Waals surface area contributed by atoms with Crippen LogP contribution in [-0.2, 0) is 4.79 Å². The van der Waals surface area contributed by atoms with Crippen LogP contribution in [0.1, 0.15) is 10.4 Å². The maximum absolute atomic E-state index is 12.3. The molecule has 2 aromatic rings. The number of carbonyl (C=O) groups is 2. The van der Waals surface area contributed by atoms with Crippen molar-refractivity contribution >= 4 is 46.4 Å². The van der Waals surface area contributed by atoms with Crippen LogP contribution in [0.25, 0.3) is 0 Å². The van der Waals surface area contributed by atoms with E-state index in [0.29, 0.717) is 32.7 Å². The zero-order valence-electron chi connectivity index (χ0n) is 11.2. The van der Waals surface area contributed by atoms with E-state index in [1.807, 2.05) is 0 Å². The number of halogens is 2. The van der Waals surface area contributed by atoms with Crippen LogP contribution in [0, 0.1) is 0 Å². The molecule has 0 spiro atoms. The molecule has 0 aromatic heterocycles. The molecular weight excluding hydrogens is 327 g/mol. The number of rotatable bonds is 2. The van der Waals surface area contributed by atoms with Crippen molar-refractivity contribution in [1.82, 2.24) is 0 Å². The first-order valence-electron chi connectivity index (χ1n) is 6.36. The van der Waals surface area contributed by atoms with Crippen molar-refractivity contribution in [2.45, 2.75) is 0 Å². The standard InChI is InChI=1S/C15H10Cl2N2O3/c16-9-2-3-10(17)11(6-9)19-15(21)8-1-4-13-12(5-8)18-14(20)7-22-13/h1-6H,7H2,(H,18,20)(H,19,21). The number of carbonyl (C=O) groups excluding carboxylic acids is 2. The highest BCUT2D eigenvalue weighted by molar-refractivity contribution is 6.35. The van der Waals surface area contributed by atoms with Gasteiger partial charge in [-0.25, -0.2) is 0 Å². The van der Waals surface area contributed by atoms with Crippen LogP contribution >= 0.6 is 23.2 Å². The summed E-state index contributed by atoms with van der Waals surface area (Å²) in [7, 11) is 0. The molecule has 22 heavy (non-hydrogen) atoms. The second kappa shape index (κ2) is 5.87. The van der Waals surface area contributed by atoms with Crippen molar-refractivity contribution in [2.75, 3.05) is 17.2 Å². The minimum atomic E-state index is -0.369. The Morgan fingerprint density at radius 2 is 2.00 bits per heavy atom. The number of benzene rings is 2. The van der Waals surface area contributed by atoms with Gasteiger partial charge in [0.2, 0.25) is 0 Å². The van der Waals surface area contributed by atoms with E-state index < -0.39 is 0 Å². The monoisotopic (exact) mass is 336 g/mol. The third-order valence-electron chi connectivity index (χ3n) is 3.05. The van der Waals surface area contributed by atoms with E-state index in [1.54, 1.807) is 36.4 Å². The molecular formula is C15H10Cl2N2O3. The molecule has 1 aliphatic rings. The Morgan fingerprint density at radius 3 is 2.82 bits per heavy atom. The summed E-state index contributed by atoms with van der Waals surface area (Å²) in [6.45, 7) is -0.0311. The second-order valence-electron chi connectivity index (χ2n) is 4.63. The molecule has 0 fully saturated rings. The lowest BCUT2D eigenvalue weighted by Crippen LogP contribution is -2.25. The van der Waals surface area contributed by atoms with E-state index >= 15 is 0 Å². The lowest BCUT2D eigenvalue weighted by molar-refractivity contribution is -0.118. The Labute approximate surface area is 136 Å². The van der Waals surface area contributed by atoms with Crippen LogP contribution in [-0.4, -0.2) is 18.4 Å². The number of amides is 2. The van der Waals surface area contributed by atoms with Crippen LogP contribution < -0.4 is 15.4 Å². The first kappa shape index (κ1) is 14.7. The van der Waals surface area contributed by atoms with Gasteiger partial charge in [-0.1, -0.05) is 23.2 Å². The Kier molecular flexibility index (Phi) is 3.92. The van der Waals surface area contributed by atoms with Crippen molar-refractivity contribution in [3.63, 3.8) is 0 Å². The van der Waals surface area contributed by atoms with Gasteiger partial charge in [0, 0.05) is 10.6 Å².